The average Bonchev–Trinajstić information content (AvgIpc) is 2.33. The number of hydrogen-bond acceptors (Lipinski definition) is 2. The number of hydrogen-bond donors (Lipinski definition) is 1. The van der Waals surface area contributed by atoms with Gasteiger partial charge in [-0.25, -0.2) is 4.79 Å². The maximum Gasteiger partial charge on any atom is 0.335 e. The predicted octanol–water partition coefficient (Wildman–Crippen LogP) is 4.90. The Bertz CT molecular complexity index is 641. The van der Waals surface area contributed by atoms with Crippen LogP contribution in [0.4, 0.5) is 0 Å². The molecule has 0 radical (unpaired) electrons. The van der Waals surface area contributed by atoms with Crippen LogP contribution < -0.4 is 4.74 Å². The van der Waals surface area contributed by atoms with Crippen LogP contribution in [-0.4, -0.2) is 11.1 Å². The van der Waals surface area contributed by atoms with Gasteiger partial charge in [-0.05, 0) is 42.8 Å². The zero-order valence-corrected chi connectivity index (χ0v) is 12.3. The van der Waals surface area contributed by atoms with Crippen molar-refractivity contribution in [2.45, 2.75) is 6.92 Å². The van der Waals surface area contributed by atoms with E-state index in [1.54, 1.807) is 18.2 Å². The van der Waals surface area contributed by atoms with Crippen LogP contribution in [0.25, 0.3) is 0 Å². The summed E-state index contributed by atoms with van der Waals surface area (Å²) < 4.78 is 6.32. The van der Waals surface area contributed by atoms with Crippen LogP contribution in [0, 0.1) is 6.92 Å². The Kier molecular flexibility index (Phi) is 4.12. The van der Waals surface area contributed by atoms with Crippen molar-refractivity contribution in [2.24, 2.45) is 0 Å². The molecular formula is C14H10BrClO3. The second-order valence-corrected chi connectivity index (χ2v) is 5.34. The molecule has 2 aromatic rings. The highest BCUT2D eigenvalue weighted by Gasteiger charge is 2.09. The predicted molar refractivity (Wildman–Crippen MR) is 77.4 cm³/mol. The smallest absolute Gasteiger partial charge is 0.335 e. The fourth-order valence-electron chi connectivity index (χ4n) is 1.56. The molecule has 5 heteroatoms. The largest absolute Gasteiger partial charge is 0.478 e. The number of ether oxygens (including phenoxy) is 1. The van der Waals surface area contributed by atoms with Gasteiger partial charge in [0.05, 0.1) is 5.56 Å². The van der Waals surface area contributed by atoms with Gasteiger partial charge in [-0.1, -0.05) is 33.6 Å². The van der Waals surface area contributed by atoms with E-state index >= 15 is 0 Å². The minimum absolute atomic E-state index is 0.157. The van der Waals surface area contributed by atoms with E-state index in [0.29, 0.717) is 21.0 Å². The lowest BCUT2D eigenvalue weighted by Crippen LogP contribution is -1.97. The third-order valence-electron chi connectivity index (χ3n) is 2.50. The summed E-state index contributed by atoms with van der Waals surface area (Å²) in [5.41, 5.74) is 1.07. The standard InChI is InChI=1S/C14H10BrClO3/c1-8-2-3-11(16)7-13(8)19-12-5-9(14(17)18)4-10(15)6-12/h2-7H,1H3,(H,17,18). The zero-order valence-electron chi connectivity index (χ0n) is 9.98. The van der Waals surface area contributed by atoms with Gasteiger partial charge in [0.15, 0.2) is 0 Å². The van der Waals surface area contributed by atoms with Gasteiger partial charge in [0.1, 0.15) is 11.5 Å². The van der Waals surface area contributed by atoms with E-state index < -0.39 is 5.97 Å². The number of rotatable bonds is 3. The molecule has 0 aliphatic rings. The molecule has 0 fully saturated rings. The molecule has 0 atom stereocenters. The van der Waals surface area contributed by atoms with Crippen LogP contribution >= 0.6 is 27.5 Å². The molecule has 0 spiro atoms. The lowest BCUT2D eigenvalue weighted by molar-refractivity contribution is 0.0696. The van der Waals surface area contributed by atoms with Gasteiger partial charge in [-0.2, -0.15) is 0 Å². The van der Waals surface area contributed by atoms with Gasteiger partial charge < -0.3 is 9.84 Å². The number of carboxylic acids is 1. The van der Waals surface area contributed by atoms with Crippen molar-refractivity contribution in [1.29, 1.82) is 0 Å². The van der Waals surface area contributed by atoms with Gasteiger partial charge in [-0.3, -0.25) is 0 Å². The van der Waals surface area contributed by atoms with Crippen LogP contribution in [0.3, 0.4) is 0 Å². The first-order valence-electron chi connectivity index (χ1n) is 5.43. The second-order valence-electron chi connectivity index (χ2n) is 3.99. The number of carbonyl (C=O) groups is 1. The third kappa shape index (κ3) is 3.49. The molecule has 3 nitrogen and oxygen atoms in total. The molecule has 0 amide bonds. The fourth-order valence-corrected chi connectivity index (χ4v) is 2.19. The summed E-state index contributed by atoms with van der Waals surface area (Å²) in [6, 6.07) is 9.99. The van der Waals surface area contributed by atoms with E-state index in [2.05, 4.69) is 15.9 Å². The van der Waals surface area contributed by atoms with Crippen molar-refractivity contribution in [3.63, 3.8) is 0 Å². The molecule has 2 rings (SSSR count). The number of benzene rings is 2. The van der Waals surface area contributed by atoms with Crippen molar-refractivity contribution in [1.82, 2.24) is 0 Å². The van der Waals surface area contributed by atoms with Crippen LogP contribution in [0.15, 0.2) is 40.9 Å². The summed E-state index contributed by atoms with van der Waals surface area (Å²) in [6.07, 6.45) is 0. The topological polar surface area (TPSA) is 46.5 Å². The van der Waals surface area contributed by atoms with E-state index in [1.165, 1.54) is 12.1 Å². The van der Waals surface area contributed by atoms with Crippen molar-refractivity contribution in [3.05, 3.63) is 57.0 Å². The van der Waals surface area contributed by atoms with Crippen LogP contribution in [-0.2, 0) is 0 Å². The molecule has 19 heavy (non-hydrogen) atoms. The molecule has 0 aliphatic heterocycles. The zero-order chi connectivity index (χ0) is 14.0. The summed E-state index contributed by atoms with van der Waals surface area (Å²) >= 11 is 9.17. The first-order chi connectivity index (χ1) is 8.95. The third-order valence-corrected chi connectivity index (χ3v) is 3.19. The van der Waals surface area contributed by atoms with E-state index in [-0.39, 0.29) is 5.56 Å². The first-order valence-corrected chi connectivity index (χ1v) is 6.60. The van der Waals surface area contributed by atoms with Gasteiger partial charge in [0, 0.05) is 9.50 Å². The highest BCUT2D eigenvalue weighted by Crippen LogP contribution is 2.30. The van der Waals surface area contributed by atoms with E-state index in [0.717, 1.165) is 5.56 Å². The Morgan fingerprint density at radius 1 is 1.26 bits per heavy atom. The van der Waals surface area contributed by atoms with Crippen LogP contribution in [0.1, 0.15) is 15.9 Å². The minimum Gasteiger partial charge on any atom is -0.478 e. The molecule has 0 heterocycles. The maximum absolute atomic E-state index is 11.0. The molecule has 0 saturated carbocycles. The van der Waals surface area contributed by atoms with Gasteiger partial charge in [-0.15, -0.1) is 0 Å². The highest BCUT2D eigenvalue weighted by molar-refractivity contribution is 9.10. The van der Waals surface area contributed by atoms with E-state index in [9.17, 15) is 4.79 Å². The van der Waals surface area contributed by atoms with E-state index in [1.807, 2.05) is 13.0 Å². The molecule has 0 unspecified atom stereocenters. The SMILES string of the molecule is Cc1ccc(Cl)cc1Oc1cc(Br)cc(C(=O)O)c1. The number of carboxylic acid groups (broad SMARTS) is 1. The van der Waals surface area contributed by atoms with Crippen molar-refractivity contribution in [3.8, 4) is 11.5 Å². The molecule has 0 saturated heterocycles. The minimum atomic E-state index is -1.01. The van der Waals surface area contributed by atoms with Gasteiger partial charge in [0.2, 0.25) is 0 Å². The fraction of sp³-hybridized carbons (Fsp3) is 0.0714. The molecule has 98 valence electrons. The van der Waals surface area contributed by atoms with E-state index in [4.69, 9.17) is 21.4 Å². The average molecular weight is 342 g/mol. The Morgan fingerprint density at radius 2 is 2.00 bits per heavy atom. The molecular weight excluding hydrogens is 332 g/mol. The van der Waals surface area contributed by atoms with Crippen molar-refractivity contribution >= 4 is 33.5 Å². The molecule has 1 N–H and O–H groups in total. The Balaban J connectivity index is 2.38. The van der Waals surface area contributed by atoms with Gasteiger partial charge >= 0.3 is 5.97 Å². The first kappa shape index (κ1) is 13.9. The summed E-state index contributed by atoms with van der Waals surface area (Å²) in [4.78, 5) is 11.0. The quantitative estimate of drug-likeness (QED) is 0.863. The lowest BCUT2D eigenvalue weighted by atomic mass is 10.2. The molecule has 2 aromatic carbocycles. The summed E-state index contributed by atoms with van der Waals surface area (Å²) in [7, 11) is 0. The summed E-state index contributed by atoms with van der Waals surface area (Å²) in [6.45, 7) is 1.89. The monoisotopic (exact) mass is 340 g/mol. The molecule has 0 aliphatic carbocycles. The van der Waals surface area contributed by atoms with Crippen LogP contribution in [0.2, 0.25) is 5.02 Å². The lowest BCUT2D eigenvalue weighted by Gasteiger charge is -2.10. The Labute approximate surface area is 123 Å². The van der Waals surface area contributed by atoms with Crippen molar-refractivity contribution < 1.29 is 14.6 Å². The molecule has 0 aromatic heterocycles. The normalized spacial score (nSPS) is 10.3. The number of aryl methyl sites for hydroxylation is 1. The van der Waals surface area contributed by atoms with Crippen molar-refractivity contribution in [2.75, 3.05) is 0 Å². The van der Waals surface area contributed by atoms with Gasteiger partial charge in [0.25, 0.3) is 0 Å². The number of aromatic carboxylic acids is 1. The van der Waals surface area contributed by atoms with Crippen LogP contribution in [0.5, 0.6) is 11.5 Å². The highest BCUT2D eigenvalue weighted by atomic mass is 79.9. The Morgan fingerprint density at radius 3 is 2.68 bits per heavy atom. The molecule has 0 bridgehead atoms. The maximum atomic E-state index is 11.0. The summed E-state index contributed by atoms with van der Waals surface area (Å²) in [5.74, 6) is 0.0352. The Hall–Kier alpha value is -1.52. The second kappa shape index (κ2) is 5.63. The summed E-state index contributed by atoms with van der Waals surface area (Å²) in [5, 5.41) is 9.56. The number of halogens is 2.